The van der Waals surface area contributed by atoms with Gasteiger partial charge in [-0.1, -0.05) is 30.3 Å². The normalized spacial score (nSPS) is 25.6. The monoisotopic (exact) mass is 220 g/mol. The van der Waals surface area contributed by atoms with E-state index >= 15 is 0 Å². The molecule has 1 aliphatic rings. The highest BCUT2D eigenvalue weighted by molar-refractivity contribution is 5.16. The van der Waals surface area contributed by atoms with E-state index in [1.807, 2.05) is 7.05 Å². The fraction of sp³-hybridized carbons (Fsp3) is 0.538. The molecule has 2 N–H and O–H groups in total. The van der Waals surface area contributed by atoms with Gasteiger partial charge in [0.1, 0.15) is 0 Å². The number of ether oxygens (including phenoxy) is 1. The minimum Gasteiger partial charge on any atom is -0.375 e. The largest absolute Gasteiger partial charge is 0.375 e. The zero-order valence-corrected chi connectivity index (χ0v) is 9.78. The topological polar surface area (TPSA) is 33.3 Å². The van der Waals surface area contributed by atoms with E-state index in [0.29, 0.717) is 6.04 Å². The Morgan fingerprint density at radius 1 is 1.38 bits per heavy atom. The van der Waals surface area contributed by atoms with Crippen LogP contribution in [0, 0.1) is 0 Å². The molecule has 1 aliphatic heterocycles. The summed E-state index contributed by atoms with van der Waals surface area (Å²) in [6.07, 6.45) is 1.27. The van der Waals surface area contributed by atoms with Gasteiger partial charge >= 0.3 is 0 Å². The molecule has 0 spiro atoms. The standard InChI is InChI=1S/C13H20N2O/c1-14-10-12-13(16-8-7-15-12)9-11-5-3-2-4-6-11/h2-6,12-15H,7-10H2,1H3. The molecule has 3 nitrogen and oxygen atoms in total. The Balaban J connectivity index is 1.96. The molecule has 0 amide bonds. The fourth-order valence-corrected chi connectivity index (χ4v) is 2.17. The Morgan fingerprint density at radius 3 is 2.94 bits per heavy atom. The Hall–Kier alpha value is -0.900. The maximum absolute atomic E-state index is 5.84. The lowest BCUT2D eigenvalue weighted by Gasteiger charge is -2.32. The molecule has 1 aromatic rings. The van der Waals surface area contributed by atoms with Gasteiger partial charge in [0.05, 0.1) is 12.7 Å². The first kappa shape index (κ1) is 11.6. The second-order valence-corrected chi connectivity index (χ2v) is 4.22. The third kappa shape index (κ3) is 3.04. The average molecular weight is 220 g/mol. The lowest BCUT2D eigenvalue weighted by atomic mass is 10.0. The zero-order chi connectivity index (χ0) is 11.2. The van der Waals surface area contributed by atoms with Gasteiger partial charge in [-0.3, -0.25) is 0 Å². The SMILES string of the molecule is CNCC1NCCOC1Cc1ccccc1. The molecule has 16 heavy (non-hydrogen) atoms. The number of nitrogens with one attached hydrogen (secondary N) is 2. The van der Waals surface area contributed by atoms with Crippen LogP contribution in [0.5, 0.6) is 0 Å². The third-order valence-corrected chi connectivity index (χ3v) is 2.99. The maximum atomic E-state index is 5.84. The highest BCUT2D eigenvalue weighted by atomic mass is 16.5. The summed E-state index contributed by atoms with van der Waals surface area (Å²) in [6, 6.07) is 11.0. The van der Waals surface area contributed by atoms with Crippen LogP contribution in [0.4, 0.5) is 0 Å². The van der Waals surface area contributed by atoms with E-state index in [9.17, 15) is 0 Å². The predicted octanol–water partition coefficient (Wildman–Crippen LogP) is 0.806. The highest BCUT2D eigenvalue weighted by Gasteiger charge is 2.24. The van der Waals surface area contributed by atoms with Gasteiger partial charge in [-0.2, -0.15) is 0 Å². The first-order valence-corrected chi connectivity index (χ1v) is 5.93. The van der Waals surface area contributed by atoms with Crippen molar-refractivity contribution in [2.45, 2.75) is 18.6 Å². The summed E-state index contributed by atoms with van der Waals surface area (Å²) >= 11 is 0. The van der Waals surface area contributed by atoms with Crippen LogP contribution < -0.4 is 10.6 Å². The summed E-state index contributed by atoms with van der Waals surface area (Å²) in [6.45, 7) is 2.73. The number of likely N-dealkylation sites (N-methyl/N-ethyl adjacent to an activating group) is 1. The Labute approximate surface area is 97.2 Å². The van der Waals surface area contributed by atoms with Crippen molar-refractivity contribution in [3.63, 3.8) is 0 Å². The minimum absolute atomic E-state index is 0.281. The van der Waals surface area contributed by atoms with Crippen molar-refractivity contribution in [1.82, 2.24) is 10.6 Å². The molecular weight excluding hydrogens is 200 g/mol. The Kier molecular flexibility index (Phi) is 4.34. The summed E-state index contributed by atoms with van der Waals surface area (Å²) in [7, 11) is 1.98. The Bertz CT molecular complexity index is 300. The van der Waals surface area contributed by atoms with Gasteiger partial charge in [0, 0.05) is 25.6 Å². The van der Waals surface area contributed by atoms with Crippen molar-refractivity contribution in [2.75, 3.05) is 26.7 Å². The van der Waals surface area contributed by atoms with Gasteiger partial charge in [0.15, 0.2) is 0 Å². The van der Waals surface area contributed by atoms with Gasteiger partial charge in [-0.15, -0.1) is 0 Å². The summed E-state index contributed by atoms with van der Waals surface area (Å²) < 4.78 is 5.84. The minimum atomic E-state index is 0.281. The molecule has 0 saturated carbocycles. The molecule has 3 heteroatoms. The molecule has 0 radical (unpaired) electrons. The summed E-state index contributed by atoms with van der Waals surface area (Å²) in [5.41, 5.74) is 1.34. The van der Waals surface area contributed by atoms with Gasteiger partial charge in [-0.05, 0) is 12.6 Å². The third-order valence-electron chi connectivity index (χ3n) is 2.99. The van der Waals surface area contributed by atoms with Gasteiger partial charge < -0.3 is 15.4 Å². The summed E-state index contributed by atoms with van der Waals surface area (Å²) in [4.78, 5) is 0. The van der Waals surface area contributed by atoms with E-state index in [4.69, 9.17) is 4.74 Å². The molecule has 1 saturated heterocycles. The molecule has 2 rings (SSSR count). The Morgan fingerprint density at radius 2 is 2.19 bits per heavy atom. The molecule has 1 aromatic carbocycles. The van der Waals surface area contributed by atoms with Crippen molar-refractivity contribution >= 4 is 0 Å². The van der Waals surface area contributed by atoms with Gasteiger partial charge in [-0.25, -0.2) is 0 Å². The molecule has 0 bridgehead atoms. The van der Waals surface area contributed by atoms with Crippen LogP contribution in [-0.2, 0) is 11.2 Å². The second-order valence-electron chi connectivity index (χ2n) is 4.22. The number of morpholine rings is 1. The van der Waals surface area contributed by atoms with E-state index in [1.54, 1.807) is 0 Å². The van der Waals surface area contributed by atoms with Crippen molar-refractivity contribution in [3.05, 3.63) is 35.9 Å². The van der Waals surface area contributed by atoms with Gasteiger partial charge in [0.2, 0.25) is 0 Å². The van der Waals surface area contributed by atoms with Crippen LogP contribution in [0.3, 0.4) is 0 Å². The smallest absolute Gasteiger partial charge is 0.0781 e. The van der Waals surface area contributed by atoms with E-state index in [1.165, 1.54) is 5.56 Å². The van der Waals surface area contributed by atoms with E-state index in [2.05, 4.69) is 41.0 Å². The fourth-order valence-electron chi connectivity index (χ4n) is 2.17. The maximum Gasteiger partial charge on any atom is 0.0781 e. The predicted molar refractivity (Wildman–Crippen MR) is 65.6 cm³/mol. The van der Waals surface area contributed by atoms with Crippen molar-refractivity contribution in [3.8, 4) is 0 Å². The molecule has 0 aliphatic carbocycles. The van der Waals surface area contributed by atoms with Crippen LogP contribution in [-0.4, -0.2) is 38.9 Å². The first-order valence-electron chi connectivity index (χ1n) is 5.93. The average Bonchev–Trinajstić information content (AvgIpc) is 2.33. The molecule has 0 aromatic heterocycles. The van der Waals surface area contributed by atoms with Crippen LogP contribution >= 0.6 is 0 Å². The van der Waals surface area contributed by atoms with E-state index in [-0.39, 0.29) is 6.10 Å². The number of rotatable bonds is 4. The van der Waals surface area contributed by atoms with Crippen LogP contribution in [0.15, 0.2) is 30.3 Å². The van der Waals surface area contributed by atoms with Crippen LogP contribution in [0.1, 0.15) is 5.56 Å². The molecule has 88 valence electrons. The zero-order valence-electron chi connectivity index (χ0n) is 9.78. The molecule has 1 fully saturated rings. The molecular formula is C13H20N2O. The van der Waals surface area contributed by atoms with Crippen LogP contribution in [0.25, 0.3) is 0 Å². The van der Waals surface area contributed by atoms with Crippen molar-refractivity contribution in [2.24, 2.45) is 0 Å². The van der Waals surface area contributed by atoms with Crippen LogP contribution in [0.2, 0.25) is 0 Å². The van der Waals surface area contributed by atoms with Crippen molar-refractivity contribution in [1.29, 1.82) is 0 Å². The van der Waals surface area contributed by atoms with Gasteiger partial charge in [0.25, 0.3) is 0 Å². The van der Waals surface area contributed by atoms with E-state index < -0.39 is 0 Å². The molecule has 1 heterocycles. The molecule has 2 atom stereocenters. The number of benzene rings is 1. The van der Waals surface area contributed by atoms with E-state index in [0.717, 1.165) is 26.1 Å². The quantitative estimate of drug-likeness (QED) is 0.787. The lowest BCUT2D eigenvalue weighted by molar-refractivity contribution is -0.00238. The molecule has 2 unspecified atom stereocenters. The lowest BCUT2D eigenvalue weighted by Crippen LogP contribution is -2.53. The second kappa shape index (κ2) is 5.99. The summed E-state index contributed by atoms with van der Waals surface area (Å²) in [5.74, 6) is 0. The summed E-state index contributed by atoms with van der Waals surface area (Å²) in [5, 5.41) is 6.71. The van der Waals surface area contributed by atoms with Crippen molar-refractivity contribution < 1.29 is 4.74 Å². The number of hydrogen-bond donors (Lipinski definition) is 2. The first-order chi connectivity index (χ1) is 7.90. The number of hydrogen-bond acceptors (Lipinski definition) is 3. The highest BCUT2D eigenvalue weighted by Crippen LogP contribution is 2.11.